The summed E-state index contributed by atoms with van der Waals surface area (Å²) in [5.74, 6) is 1.03. The SMILES string of the molecule is Br.CCC1(CNC2=NCCCCN2)CC1. The number of aliphatic imine (C=N–C) groups is 1. The van der Waals surface area contributed by atoms with E-state index in [1.807, 2.05) is 0 Å². The molecule has 1 aliphatic carbocycles. The smallest absolute Gasteiger partial charge is 0.191 e. The average molecular weight is 276 g/mol. The lowest BCUT2D eigenvalue weighted by Gasteiger charge is -2.16. The minimum Gasteiger partial charge on any atom is -0.356 e. The molecule has 0 saturated heterocycles. The normalized spacial score (nSPS) is 22.9. The van der Waals surface area contributed by atoms with Crippen LogP contribution in [0.2, 0.25) is 0 Å². The Kier molecular flexibility index (Phi) is 4.90. The van der Waals surface area contributed by atoms with Crippen LogP contribution in [0.3, 0.4) is 0 Å². The number of hydrogen-bond donors (Lipinski definition) is 2. The molecule has 2 rings (SSSR count). The van der Waals surface area contributed by atoms with Gasteiger partial charge in [0, 0.05) is 19.6 Å². The number of nitrogens with zero attached hydrogens (tertiary/aromatic N) is 1. The lowest BCUT2D eigenvalue weighted by molar-refractivity contribution is 0.478. The summed E-state index contributed by atoms with van der Waals surface area (Å²) in [6.07, 6.45) is 6.55. The fourth-order valence-electron chi connectivity index (χ4n) is 1.91. The molecule has 1 aliphatic heterocycles. The molecule has 4 heteroatoms. The van der Waals surface area contributed by atoms with Gasteiger partial charge in [0.05, 0.1) is 0 Å². The summed E-state index contributed by atoms with van der Waals surface area (Å²) < 4.78 is 0. The maximum Gasteiger partial charge on any atom is 0.191 e. The Bertz CT molecular complexity index is 224. The van der Waals surface area contributed by atoms with E-state index in [4.69, 9.17) is 0 Å². The lowest BCUT2D eigenvalue weighted by Crippen LogP contribution is -2.40. The van der Waals surface area contributed by atoms with E-state index in [-0.39, 0.29) is 17.0 Å². The maximum absolute atomic E-state index is 4.48. The zero-order chi connectivity index (χ0) is 9.86. The van der Waals surface area contributed by atoms with Crippen LogP contribution in [0, 0.1) is 5.41 Å². The molecule has 0 radical (unpaired) electrons. The van der Waals surface area contributed by atoms with Crippen molar-refractivity contribution in [2.45, 2.75) is 39.0 Å². The van der Waals surface area contributed by atoms with Crippen molar-refractivity contribution in [1.82, 2.24) is 10.6 Å². The van der Waals surface area contributed by atoms with Gasteiger partial charge in [0.25, 0.3) is 0 Å². The number of rotatable bonds is 3. The van der Waals surface area contributed by atoms with Gasteiger partial charge < -0.3 is 10.6 Å². The van der Waals surface area contributed by atoms with E-state index in [0.717, 1.165) is 25.6 Å². The van der Waals surface area contributed by atoms with Gasteiger partial charge in [-0.15, -0.1) is 17.0 Å². The second kappa shape index (κ2) is 5.73. The van der Waals surface area contributed by atoms with E-state index in [0.29, 0.717) is 5.41 Å². The monoisotopic (exact) mass is 275 g/mol. The molecule has 88 valence electrons. The largest absolute Gasteiger partial charge is 0.356 e. The van der Waals surface area contributed by atoms with Gasteiger partial charge in [-0.1, -0.05) is 6.92 Å². The molecule has 0 spiro atoms. The minimum absolute atomic E-state index is 0. The minimum atomic E-state index is 0. The van der Waals surface area contributed by atoms with Crippen LogP contribution >= 0.6 is 17.0 Å². The van der Waals surface area contributed by atoms with Crippen LogP contribution in [0.25, 0.3) is 0 Å². The quantitative estimate of drug-likeness (QED) is 0.828. The van der Waals surface area contributed by atoms with Crippen molar-refractivity contribution in [1.29, 1.82) is 0 Å². The molecular weight excluding hydrogens is 254 g/mol. The molecule has 2 aliphatic rings. The standard InChI is InChI=1S/C11H21N3.BrH/c1-2-11(5-6-11)9-14-10-12-7-3-4-8-13-10;/h2-9H2,1H3,(H2,12,13,14);1H. The van der Waals surface area contributed by atoms with Crippen LogP contribution in [0.15, 0.2) is 4.99 Å². The number of hydrogen-bond acceptors (Lipinski definition) is 3. The van der Waals surface area contributed by atoms with Crippen molar-refractivity contribution in [3.63, 3.8) is 0 Å². The van der Waals surface area contributed by atoms with Crippen molar-refractivity contribution in [2.24, 2.45) is 10.4 Å². The van der Waals surface area contributed by atoms with Gasteiger partial charge in [-0.05, 0) is 37.5 Å². The van der Waals surface area contributed by atoms with Crippen LogP contribution in [-0.2, 0) is 0 Å². The Morgan fingerprint density at radius 3 is 2.87 bits per heavy atom. The van der Waals surface area contributed by atoms with E-state index in [9.17, 15) is 0 Å². The topological polar surface area (TPSA) is 36.4 Å². The Balaban J connectivity index is 0.00000112. The zero-order valence-corrected chi connectivity index (χ0v) is 11.2. The van der Waals surface area contributed by atoms with Gasteiger partial charge in [-0.2, -0.15) is 0 Å². The molecule has 1 fully saturated rings. The number of guanidine groups is 1. The first-order valence-electron chi connectivity index (χ1n) is 5.87. The van der Waals surface area contributed by atoms with E-state index < -0.39 is 0 Å². The highest BCUT2D eigenvalue weighted by Crippen LogP contribution is 2.47. The predicted octanol–water partition coefficient (Wildman–Crippen LogP) is 2.08. The Hall–Kier alpha value is -0.250. The fraction of sp³-hybridized carbons (Fsp3) is 0.909. The Morgan fingerprint density at radius 1 is 1.40 bits per heavy atom. The van der Waals surface area contributed by atoms with E-state index in [2.05, 4.69) is 22.5 Å². The highest BCUT2D eigenvalue weighted by Gasteiger charge is 2.40. The summed E-state index contributed by atoms with van der Waals surface area (Å²) in [6.45, 7) is 5.45. The van der Waals surface area contributed by atoms with Gasteiger partial charge in [0.15, 0.2) is 5.96 Å². The summed E-state index contributed by atoms with van der Waals surface area (Å²) in [6, 6.07) is 0. The predicted molar refractivity (Wildman–Crippen MR) is 69.8 cm³/mol. The molecule has 0 atom stereocenters. The van der Waals surface area contributed by atoms with Gasteiger partial charge in [-0.3, -0.25) is 4.99 Å². The van der Waals surface area contributed by atoms with Crippen molar-refractivity contribution >= 4 is 22.9 Å². The van der Waals surface area contributed by atoms with Gasteiger partial charge in [0.2, 0.25) is 0 Å². The van der Waals surface area contributed by atoms with Crippen molar-refractivity contribution in [3.05, 3.63) is 0 Å². The second-order valence-corrected chi connectivity index (χ2v) is 4.57. The second-order valence-electron chi connectivity index (χ2n) is 4.57. The Labute approximate surface area is 103 Å². The Morgan fingerprint density at radius 2 is 2.20 bits per heavy atom. The zero-order valence-electron chi connectivity index (χ0n) is 9.51. The first kappa shape index (κ1) is 12.8. The molecular formula is C11H22BrN3. The molecule has 2 N–H and O–H groups in total. The molecule has 0 bridgehead atoms. The molecule has 0 aromatic carbocycles. The molecule has 0 aromatic rings. The molecule has 0 aromatic heterocycles. The third kappa shape index (κ3) is 3.67. The summed E-state index contributed by atoms with van der Waals surface area (Å²) in [4.78, 5) is 4.48. The van der Waals surface area contributed by atoms with Crippen molar-refractivity contribution < 1.29 is 0 Å². The van der Waals surface area contributed by atoms with E-state index in [1.54, 1.807) is 0 Å². The third-order valence-electron chi connectivity index (χ3n) is 3.49. The molecule has 1 heterocycles. The summed E-state index contributed by atoms with van der Waals surface area (Å²) >= 11 is 0. The molecule has 0 unspecified atom stereocenters. The third-order valence-corrected chi connectivity index (χ3v) is 3.49. The number of nitrogens with one attached hydrogen (secondary N) is 2. The van der Waals surface area contributed by atoms with Crippen LogP contribution in [-0.4, -0.2) is 25.6 Å². The van der Waals surface area contributed by atoms with Crippen LogP contribution in [0.5, 0.6) is 0 Å². The first-order chi connectivity index (χ1) is 6.85. The van der Waals surface area contributed by atoms with Gasteiger partial charge >= 0.3 is 0 Å². The highest BCUT2D eigenvalue weighted by atomic mass is 79.9. The van der Waals surface area contributed by atoms with E-state index >= 15 is 0 Å². The summed E-state index contributed by atoms with van der Waals surface area (Å²) in [5.41, 5.74) is 0.608. The van der Waals surface area contributed by atoms with Crippen LogP contribution in [0.4, 0.5) is 0 Å². The lowest BCUT2D eigenvalue weighted by atomic mass is 10.0. The van der Waals surface area contributed by atoms with E-state index in [1.165, 1.54) is 32.1 Å². The van der Waals surface area contributed by atoms with Crippen LogP contribution < -0.4 is 10.6 Å². The first-order valence-corrected chi connectivity index (χ1v) is 5.87. The van der Waals surface area contributed by atoms with Crippen molar-refractivity contribution in [3.8, 4) is 0 Å². The maximum atomic E-state index is 4.48. The summed E-state index contributed by atoms with van der Waals surface area (Å²) in [5, 5.41) is 6.80. The molecule has 3 nitrogen and oxygen atoms in total. The molecule has 1 saturated carbocycles. The van der Waals surface area contributed by atoms with Gasteiger partial charge in [0.1, 0.15) is 0 Å². The average Bonchev–Trinajstić information content (AvgIpc) is 3.01. The summed E-state index contributed by atoms with van der Waals surface area (Å²) in [7, 11) is 0. The number of halogens is 1. The van der Waals surface area contributed by atoms with Crippen molar-refractivity contribution in [2.75, 3.05) is 19.6 Å². The molecule has 15 heavy (non-hydrogen) atoms. The van der Waals surface area contributed by atoms with Gasteiger partial charge in [-0.25, -0.2) is 0 Å². The van der Waals surface area contributed by atoms with Crippen LogP contribution in [0.1, 0.15) is 39.0 Å². The highest BCUT2D eigenvalue weighted by molar-refractivity contribution is 8.93. The molecule has 0 amide bonds. The fourth-order valence-corrected chi connectivity index (χ4v) is 1.91.